The Morgan fingerprint density at radius 1 is 1.27 bits per heavy atom. The van der Waals surface area contributed by atoms with Crippen molar-refractivity contribution in [3.8, 4) is 0 Å². The lowest BCUT2D eigenvalue weighted by Gasteiger charge is -2.12. The van der Waals surface area contributed by atoms with Gasteiger partial charge in [-0.25, -0.2) is 0 Å². The predicted octanol–water partition coefficient (Wildman–Crippen LogP) is 3.68. The van der Waals surface area contributed by atoms with E-state index in [4.69, 9.17) is 16.0 Å². The van der Waals surface area contributed by atoms with Crippen LogP contribution in [-0.4, -0.2) is 12.5 Å². The van der Waals surface area contributed by atoms with Crippen LogP contribution in [0.4, 0.5) is 18.9 Å². The molecule has 1 aromatic carbocycles. The molecule has 118 valence electrons. The molecular weight excluding hydrogens is 321 g/mol. The first-order chi connectivity index (χ1) is 10.4. The molecule has 22 heavy (non-hydrogen) atoms. The zero-order valence-electron chi connectivity index (χ0n) is 11.2. The SMILES string of the molecule is O=C(CNc1cc(C(F)(F)F)ccc1Cl)NCc1ccco1. The van der Waals surface area contributed by atoms with E-state index in [-0.39, 0.29) is 23.8 Å². The number of benzene rings is 1. The van der Waals surface area contributed by atoms with Gasteiger partial charge in [0.25, 0.3) is 0 Å². The molecule has 0 saturated carbocycles. The molecule has 4 nitrogen and oxygen atoms in total. The van der Waals surface area contributed by atoms with Crippen LogP contribution >= 0.6 is 11.6 Å². The minimum absolute atomic E-state index is 0.0460. The number of carbonyl (C=O) groups excluding carboxylic acids is 1. The summed E-state index contributed by atoms with van der Waals surface area (Å²) in [5.74, 6) is 0.176. The van der Waals surface area contributed by atoms with Crippen molar-refractivity contribution in [3.63, 3.8) is 0 Å². The van der Waals surface area contributed by atoms with Crippen LogP contribution in [0.3, 0.4) is 0 Å². The van der Waals surface area contributed by atoms with E-state index in [0.29, 0.717) is 5.76 Å². The normalized spacial score (nSPS) is 11.3. The fourth-order valence-corrected chi connectivity index (χ4v) is 1.86. The van der Waals surface area contributed by atoms with Gasteiger partial charge in [0, 0.05) is 0 Å². The number of amides is 1. The predicted molar refractivity (Wildman–Crippen MR) is 75.5 cm³/mol. The average molecular weight is 333 g/mol. The third kappa shape index (κ3) is 4.42. The highest BCUT2D eigenvalue weighted by atomic mass is 35.5. The Morgan fingerprint density at radius 2 is 2.05 bits per heavy atom. The van der Waals surface area contributed by atoms with E-state index in [1.165, 1.54) is 6.26 Å². The van der Waals surface area contributed by atoms with Crippen LogP contribution in [0.5, 0.6) is 0 Å². The van der Waals surface area contributed by atoms with Gasteiger partial charge < -0.3 is 15.1 Å². The molecule has 0 bridgehead atoms. The average Bonchev–Trinajstić information content (AvgIpc) is 2.96. The standard InChI is InChI=1S/C14H12ClF3N2O2/c15-11-4-3-9(14(16,17)18)6-12(11)19-8-13(21)20-7-10-2-1-5-22-10/h1-6,19H,7-8H2,(H,20,21). The Labute approximate surface area is 129 Å². The van der Waals surface area contributed by atoms with Crippen LogP contribution < -0.4 is 10.6 Å². The van der Waals surface area contributed by atoms with Gasteiger partial charge in [-0.15, -0.1) is 0 Å². The van der Waals surface area contributed by atoms with Crippen LogP contribution in [0.25, 0.3) is 0 Å². The number of anilines is 1. The third-order valence-electron chi connectivity index (χ3n) is 2.77. The number of nitrogens with one attached hydrogen (secondary N) is 2. The first kappa shape index (κ1) is 16.2. The maximum atomic E-state index is 12.6. The summed E-state index contributed by atoms with van der Waals surface area (Å²) in [7, 11) is 0. The van der Waals surface area contributed by atoms with Crippen molar-refractivity contribution in [1.82, 2.24) is 5.32 Å². The second-order valence-electron chi connectivity index (χ2n) is 4.40. The summed E-state index contributed by atoms with van der Waals surface area (Å²) in [4.78, 5) is 11.6. The van der Waals surface area contributed by atoms with Crippen molar-refractivity contribution in [3.05, 3.63) is 52.9 Å². The summed E-state index contributed by atoms with van der Waals surface area (Å²) in [6.45, 7) is -0.00836. The van der Waals surface area contributed by atoms with Crippen molar-refractivity contribution in [2.75, 3.05) is 11.9 Å². The Kier molecular flexibility index (Phi) is 4.97. The zero-order valence-corrected chi connectivity index (χ0v) is 12.0. The van der Waals surface area contributed by atoms with Gasteiger partial charge in [0.05, 0.1) is 35.6 Å². The molecule has 0 aliphatic heterocycles. The number of carbonyl (C=O) groups is 1. The van der Waals surface area contributed by atoms with Gasteiger partial charge in [-0.3, -0.25) is 4.79 Å². The summed E-state index contributed by atoms with van der Waals surface area (Å²) in [6.07, 6.45) is -3.00. The molecule has 0 atom stereocenters. The van der Waals surface area contributed by atoms with Gasteiger partial charge in [-0.1, -0.05) is 11.6 Å². The minimum atomic E-state index is -4.47. The summed E-state index contributed by atoms with van der Waals surface area (Å²) in [5, 5.41) is 5.24. The molecule has 2 N–H and O–H groups in total. The molecule has 0 unspecified atom stereocenters. The Bertz CT molecular complexity index is 642. The van der Waals surface area contributed by atoms with Crippen LogP contribution in [0, 0.1) is 0 Å². The number of halogens is 4. The maximum absolute atomic E-state index is 12.6. The summed E-state index contributed by atoms with van der Waals surface area (Å²) in [5.41, 5.74) is -0.792. The minimum Gasteiger partial charge on any atom is -0.467 e. The number of furan rings is 1. The molecule has 0 saturated heterocycles. The first-order valence-electron chi connectivity index (χ1n) is 6.26. The third-order valence-corrected chi connectivity index (χ3v) is 3.10. The van der Waals surface area contributed by atoms with Crippen LogP contribution in [-0.2, 0) is 17.5 Å². The number of hydrogen-bond acceptors (Lipinski definition) is 3. The fourth-order valence-electron chi connectivity index (χ4n) is 1.67. The molecule has 1 aromatic heterocycles. The Morgan fingerprint density at radius 3 is 2.68 bits per heavy atom. The molecule has 1 heterocycles. The van der Waals surface area contributed by atoms with Crippen LogP contribution in [0.2, 0.25) is 5.02 Å². The first-order valence-corrected chi connectivity index (χ1v) is 6.64. The van der Waals surface area contributed by atoms with Crippen molar-refractivity contribution in [1.29, 1.82) is 0 Å². The van der Waals surface area contributed by atoms with E-state index in [2.05, 4.69) is 10.6 Å². The van der Waals surface area contributed by atoms with Gasteiger partial charge in [0.1, 0.15) is 5.76 Å². The molecule has 8 heteroatoms. The van der Waals surface area contributed by atoms with Gasteiger partial charge in [-0.05, 0) is 30.3 Å². The molecular formula is C14H12ClF3N2O2. The lowest BCUT2D eigenvalue weighted by molar-refractivity contribution is -0.137. The van der Waals surface area contributed by atoms with Gasteiger partial charge in [-0.2, -0.15) is 13.2 Å². The molecule has 0 aliphatic rings. The van der Waals surface area contributed by atoms with E-state index in [9.17, 15) is 18.0 Å². The highest BCUT2D eigenvalue weighted by Gasteiger charge is 2.30. The van der Waals surface area contributed by atoms with Crippen molar-refractivity contribution in [2.24, 2.45) is 0 Å². The van der Waals surface area contributed by atoms with Crippen molar-refractivity contribution < 1.29 is 22.4 Å². The quantitative estimate of drug-likeness (QED) is 0.878. The highest BCUT2D eigenvalue weighted by molar-refractivity contribution is 6.33. The zero-order chi connectivity index (χ0) is 16.2. The smallest absolute Gasteiger partial charge is 0.416 e. The van der Waals surface area contributed by atoms with Gasteiger partial charge in [0.15, 0.2) is 0 Å². The van der Waals surface area contributed by atoms with Crippen molar-refractivity contribution in [2.45, 2.75) is 12.7 Å². The monoisotopic (exact) mass is 332 g/mol. The molecule has 0 aliphatic carbocycles. The summed E-state index contributed by atoms with van der Waals surface area (Å²) < 4.78 is 42.9. The van der Waals surface area contributed by atoms with Gasteiger partial charge in [0.2, 0.25) is 5.91 Å². The van der Waals surface area contributed by atoms with E-state index in [1.54, 1.807) is 12.1 Å². The lowest BCUT2D eigenvalue weighted by atomic mass is 10.2. The number of hydrogen-bond donors (Lipinski definition) is 2. The Balaban J connectivity index is 1.91. The van der Waals surface area contributed by atoms with Crippen LogP contribution in [0.1, 0.15) is 11.3 Å². The van der Waals surface area contributed by atoms with Crippen LogP contribution in [0.15, 0.2) is 41.0 Å². The lowest BCUT2D eigenvalue weighted by Crippen LogP contribution is -2.29. The largest absolute Gasteiger partial charge is 0.467 e. The molecule has 0 radical (unpaired) electrons. The topological polar surface area (TPSA) is 54.3 Å². The Hall–Kier alpha value is -2.15. The van der Waals surface area contributed by atoms with E-state index in [1.807, 2.05) is 0 Å². The second kappa shape index (κ2) is 6.74. The van der Waals surface area contributed by atoms with E-state index >= 15 is 0 Å². The van der Waals surface area contributed by atoms with Crippen molar-refractivity contribution >= 4 is 23.2 Å². The number of alkyl halides is 3. The van der Waals surface area contributed by atoms with Gasteiger partial charge >= 0.3 is 6.18 Å². The molecule has 2 aromatic rings. The molecule has 0 spiro atoms. The number of rotatable bonds is 5. The second-order valence-corrected chi connectivity index (χ2v) is 4.81. The highest BCUT2D eigenvalue weighted by Crippen LogP contribution is 2.33. The van der Waals surface area contributed by atoms with E-state index < -0.39 is 17.6 Å². The summed E-state index contributed by atoms with van der Waals surface area (Å²) >= 11 is 5.81. The molecule has 1 amide bonds. The molecule has 0 fully saturated rings. The fraction of sp³-hybridized carbons (Fsp3) is 0.214. The van der Waals surface area contributed by atoms with E-state index in [0.717, 1.165) is 18.2 Å². The molecule has 2 rings (SSSR count). The summed E-state index contributed by atoms with van der Waals surface area (Å²) in [6, 6.07) is 6.25. The maximum Gasteiger partial charge on any atom is 0.416 e.